The zero-order chi connectivity index (χ0) is 31.9. The van der Waals surface area contributed by atoms with Gasteiger partial charge in [0.05, 0.1) is 10.6 Å². The largest absolute Gasteiger partial charge is 0.352 e. The van der Waals surface area contributed by atoms with Gasteiger partial charge in [0, 0.05) is 39.1 Å². The molecule has 0 saturated heterocycles. The van der Waals surface area contributed by atoms with Gasteiger partial charge in [-0.05, 0) is 61.9 Å². The van der Waals surface area contributed by atoms with E-state index in [-0.39, 0.29) is 35.5 Å². The number of hydrogen-bond donors (Lipinski definition) is 1. The summed E-state index contributed by atoms with van der Waals surface area (Å²) in [4.78, 5) is 29.6. The molecule has 4 rings (SSSR count). The van der Waals surface area contributed by atoms with Gasteiger partial charge in [0.1, 0.15) is 12.6 Å². The van der Waals surface area contributed by atoms with Gasteiger partial charge < -0.3 is 10.2 Å². The number of carbonyl (C=O) groups is 2. The number of benzene rings is 4. The van der Waals surface area contributed by atoms with Gasteiger partial charge in [-0.15, -0.1) is 0 Å². The molecule has 0 radical (unpaired) electrons. The molecule has 0 aliphatic carbocycles. The molecule has 0 aliphatic rings. The van der Waals surface area contributed by atoms with Crippen molar-refractivity contribution in [3.63, 3.8) is 0 Å². The summed E-state index contributed by atoms with van der Waals surface area (Å²) in [7, 11) is -4.20. The number of nitrogens with zero attached hydrogens (tertiary/aromatic N) is 2. The van der Waals surface area contributed by atoms with Crippen LogP contribution in [-0.4, -0.2) is 43.8 Å². The number of sulfonamides is 1. The SMILES string of the molecule is CC(C)NC(=O)[C@H](Cc1ccccc1)N(Cc1c(Cl)cccc1Cl)C(=O)CN(c1cccc(Br)c1)S(=O)(=O)c1ccccc1. The van der Waals surface area contributed by atoms with Crippen LogP contribution in [0.1, 0.15) is 25.0 Å². The van der Waals surface area contributed by atoms with Gasteiger partial charge in [-0.1, -0.05) is 99.8 Å². The average molecular weight is 718 g/mol. The van der Waals surface area contributed by atoms with Crippen LogP contribution in [0, 0.1) is 0 Å². The van der Waals surface area contributed by atoms with Crippen molar-refractivity contribution in [2.24, 2.45) is 0 Å². The Kier molecular flexibility index (Phi) is 11.5. The first kappa shape index (κ1) is 33.5. The molecule has 2 amide bonds. The van der Waals surface area contributed by atoms with Crippen LogP contribution < -0.4 is 9.62 Å². The fraction of sp³-hybridized carbons (Fsp3) is 0.212. The van der Waals surface area contributed by atoms with E-state index >= 15 is 0 Å². The van der Waals surface area contributed by atoms with Gasteiger partial charge in [0.15, 0.2) is 0 Å². The predicted octanol–water partition coefficient (Wildman–Crippen LogP) is 7.12. The second-order valence-electron chi connectivity index (χ2n) is 10.4. The summed E-state index contributed by atoms with van der Waals surface area (Å²) in [5.74, 6) is -0.999. The smallest absolute Gasteiger partial charge is 0.264 e. The Morgan fingerprint density at radius 2 is 1.43 bits per heavy atom. The molecule has 1 N–H and O–H groups in total. The molecule has 44 heavy (non-hydrogen) atoms. The first-order valence-corrected chi connectivity index (χ1v) is 16.9. The van der Waals surface area contributed by atoms with E-state index in [9.17, 15) is 18.0 Å². The molecular weight excluding hydrogens is 685 g/mol. The summed E-state index contributed by atoms with van der Waals surface area (Å²) in [6.45, 7) is 2.94. The fourth-order valence-electron chi connectivity index (χ4n) is 4.67. The number of anilines is 1. The van der Waals surface area contributed by atoms with Crippen molar-refractivity contribution in [1.29, 1.82) is 0 Å². The van der Waals surface area contributed by atoms with E-state index in [2.05, 4.69) is 21.2 Å². The lowest BCUT2D eigenvalue weighted by Crippen LogP contribution is -2.54. The molecule has 0 fully saturated rings. The van der Waals surface area contributed by atoms with Crippen molar-refractivity contribution < 1.29 is 18.0 Å². The highest BCUT2D eigenvalue weighted by Gasteiger charge is 2.35. The predicted molar refractivity (Wildman–Crippen MR) is 179 cm³/mol. The van der Waals surface area contributed by atoms with E-state index in [0.717, 1.165) is 9.87 Å². The van der Waals surface area contributed by atoms with Gasteiger partial charge in [0.2, 0.25) is 11.8 Å². The van der Waals surface area contributed by atoms with Gasteiger partial charge in [-0.2, -0.15) is 0 Å². The van der Waals surface area contributed by atoms with E-state index in [1.54, 1.807) is 60.7 Å². The van der Waals surface area contributed by atoms with Crippen LogP contribution in [0.25, 0.3) is 0 Å². The van der Waals surface area contributed by atoms with Crippen LogP contribution in [0.4, 0.5) is 5.69 Å². The molecule has 230 valence electrons. The van der Waals surface area contributed by atoms with Crippen LogP contribution in [-0.2, 0) is 32.6 Å². The zero-order valence-electron chi connectivity index (χ0n) is 24.2. The number of hydrogen-bond acceptors (Lipinski definition) is 4. The number of halogens is 3. The molecule has 4 aromatic rings. The molecule has 4 aromatic carbocycles. The first-order chi connectivity index (χ1) is 21.0. The maximum absolute atomic E-state index is 14.5. The molecule has 0 aliphatic heterocycles. The summed E-state index contributed by atoms with van der Waals surface area (Å²) in [5.41, 5.74) is 1.54. The molecule has 0 aromatic heterocycles. The Bertz CT molecular complexity index is 1690. The highest BCUT2D eigenvalue weighted by Crippen LogP contribution is 2.30. The summed E-state index contributed by atoms with van der Waals surface area (Å²) >= 11 is 16.5. The van der Waals surface area contributed by atoms with Gasteiger partial charge >= 0.3 is 0 Å². The molecule has 0 bridgehead atoms. The zero-order valence-corrected chi connectivity index (χ0v) is 28.1. The van der Waals surface area contributed by atoms with Crippen molar-refractivity contribution in [2.45, 2.75) is 43.8 Å². The normalized spacial score (nSPS) is 12.0. The minimum atomic E-state index is -4.20. The molecule has 1 atom stereocenters. The topological polar surface area (TPSA) is 86.8 Å². The summed E-state index contributed by atoms with van der Waals surface area (Å²) in [5, 5.41) is 3.56. The van der Waals surface area contributed by atoms with E-state index in [0.29, 0.717) is 20.1 Å². The van der Waals surface area contributed by atoms with E-state index < -0.39 is 28.5 Å². The number of rotatable bonds is 12. The van der Waals surface area contributed by atoms with E-state index in [1.165, 1.54) is 17.0 Å². The van der Waals surface area contributed by atoms with E-state index in [1.807, 2.05) is 44.2 Å². The molecule has 0 saturated carbocycles. The number of carbonyl (C=O) groups excluding carboxylic acids is 2. The van der Waals surface area contributed by atoms with Crippen LogP contribution >= 0.6 is 39.1 Å². The highest BCUT2D eigenvalue weighted by molar-refractivity contribution is 9.10. The fourth-order valence-corrected chi connectivity index (χ4v) is 7.00. The Hall–Kier alpha value is -3.37. The van der Waals surface area contributed by atoms with E-state index in [4.69, 9.17) is 23.2 Å². The molecule has 0 spiro atoms. The quantitative estimate of drug-likeness (QED) is 0.169. The molecule has 11 heteroatoms. The number of amides is 2. The standard InChI is InChI=1S/C33H32BrCl2N3O4S/c1-23(2)37-33(41)31(19-24-11-5-3-6-12-24)38(21-28-29(35)17-10-18-30(28)36)32(40)22-39(26-14-9-13-25(34)20-26)44(42,43)27-15-7-4-8-16-27/h3-18,20,23,31H,19,21-22H2,1-2H3,(H,37,41)/t31-/m0/s1. The molecule has 7 nitrogen and oxygen atoms in total. The summed E-state index contributed by atoms with van der Waals surface area (Å²) < 4.78 is 29.7. The van der Waals surface area contributed by atoms with Crippen molar-refractivity contribution in [3.05, 3.63) is 129 Å². The maximum atomic E-state index is 14.5. The second-order valence-corrected chi connectivity index (χ2v) is 14.0. The maximum Gasteiger partial charge on any atom is 0.264 e. The Balaban J connectivity index is 1.84. The lowest BCUT2D eigenvalue weighted by atomic mass is 10.0. The lowest BCUT2D eigenvalue weighted by Gasteiger charge is -2.34. The third-order valence-electron chi connectivity index (χ3n) is 6.80. The first-order valence-electron chi connectivity index (χ1n) is 13.9. The van der Waals surface area contributed by atoms with Gasteiger partial charge in [-0.25, -0.2) is 8.42 Å². The van der Waals surface area contributed by atoms with Crippen molar-refractivity contribution >= 4 is 66.7 Å². The van der Waals surface area contributed by atoms with Crippen LogP contribution in [0.15, 0.2) is 112 Å². The third-order valence-corrected chi connectivity index (χ3v) is 9.79. The van der Waals surface area contributed by atoms with Crippen molar-refractivity contribution in [2.75, 3.05) is 10.8 Å². The van der Waals surface area contributed by atoms with Crippen molar-refractivity contribution in [3.8, 4) is 0 Å². The monoisotopic (exact) mass is 715 g/mol. The van der Waals surface area contributed by atoms with Crippen LogP contribution in [0.3, 0.4) is 0 Å². The Labute approximate surface area is 277 Å². The molecule has 0 unspecified atom stereocenters. The van der Waals surface area contributed by atoms with Crippen LogP contribution in [0.5, 0.6) is 0 Å². The minimum absolute atomic E-state index is 0.0202. The summed E-state index contributed by atoms with van der Waals surface area (Å²) in [6.07, 6.45) is 0.176. The molecular formula is C33H32BrCl2N3O4S. The molecule has 0 heterocycles. The van der Waals surface area contributed by atoms with Crippen molar-refractivity contribution in [1.82, 2.24) is 10.2 Å². The Morgan fingerprint density at radius 1 is 0.841 bits per heavy atom. The average Bonchev–Trinajstić information content (AvgIpc) is 2.99. The van der Waals surface area contributed by atoms with Gasteiger partial charge in [0.25, 0.3) is 10.0 Å². The van der Waals surface area contributed by atoms with Gasteiger partial charge in [-0.3, -0.25) is 13.9 Å². The highest BCUT2D eigenvalue weighted by atomic mass is 79.9. The lowest BCUT2D eigenvalue weighted by molar-refractivity contribution is -0.140. The summed E-state index contributed by atoms with van der Waals surface area (Å²) in [6, 6.07) is 27.7. The Morgan fingerprint density at radius 3 is 2.02 bits per heavy atom. The third kappa shape index (κ3) is 8.41. The van der Waals surface area contributed by atoms with Crippen LogP contribution in [0.2, 0.25) is 10.0 Å². The number of nitrogens with one attached hydrogen (secondary N) is 1. The second kappa shape index (κ2) is 15.1. The minimum Gasteiger partial charge on any atom is -0.352 e.